The molecule has 0 unspecified atom stereocenters. The summed E-state index contributed by atoms with van der Waals surface area (Å²) in [5.41, 5.74) is 0.460. The largest absolute Gasteiger partial charge is 0.497 e. The highest BCUT2D eigenvalue weighted by Crippen LogP contribution is 2.47. The Hall–Kier alpha value is -3.92. The Balaban J connectivity index is 1.81. The number of nitrogens with zero attached hydrogens (tertiary/aromatic N) is 1. The van der Waals surface area contributed by atoms with Gasteiger partial charge < -0.3 is 19.7 Å². The quantitative estimate of drug-likeness (QED) is 0.567. The Morgan fingerprint density at radius 3 is 2.31 bits per heavy atom. The molecule has 166 valence electrons. The van der Waals surface area contributed by atoms with Gasteiger partial charge >= 0.3 is 11.9 Å². The van der Waals surface area contributed by atoms with Crippen molar-refractivity contribution in [1.82, 2.24) is 5.32 Å². The molecule has 2 aliphatic rings. The highest BCUT2D eigenvalue weighted by Gasteiger charge is 2.61. The van der Waals surface area contributed by atoms with Gasteiger partial charge in [0.2, 0.25) is 11.8 Å². The molecule has 2 amide bonds. The minimum Gasteiger partial charge on any atom is -0.497 e. The zero-order chi connectivity index (χ0) is 23.2. The zero-order valence-corrected chi connectivity index (χ0v) is 17.1. The molecular formula is C22H20N2O8. The molecule has 3 N–H and O–H groups in total. The van der Waals surface area contributed by atoms with Crippen molar-refractivity contribution in [2.24, 2.45) is 11.8 Å². The highest BCUT2D eigenvalue weighted by atomic mass is 16.5. The second kappa shape index (κ2) is 7.97. The third kappa shape index (κ3) is 3.25. The number of anilines is 1. The molecule has 10 nitrogen and oxygen atoms in total. The van der Waals surface area contributed by atoms with Gasteiger partial charge in [0.25, 0.3) is 0 Å². The van der Waals surface area contributed by atoms with E-state index in [0.29, 0.717) is 17.1 Å². The molecule has 2 heterocycles. The van der Waals surface area contributed by atoms with Gasteiger partial charge in [-0.05, 0) is 36.4 Å². The van der Waals surface area contributed by atoms with Gasteiger partial charge in [-0.15, -0.1) is 0 Å². The van der Waals surface area contributed by atoms with E-state index >= 15 is 0 Å². The molecule has 2 aliphatic heterocycles. The Morgan fingerprint density at radius 2 is 1.69 bits per heavy atom. The molecule has 10 heteroatoms. The van der Waals surface area contributed by atoms with Gasteiger partial charge in [-0.25, -0.2) is 9.69 Å². The van der Waals surface area contributed by atoms with Crippen LogP contribution >= 0.6 is 0 Å². The van der Waals surface area contributed by atoms with Crippen molar-refractivity contribution in [3.63, 3.8) is 0 Å². The molecule has 2 aromatic rings. The third-order valence-electron chi connectivity index (χ3n) is 5.86. The number of ether oxygens (including phenoxy) is 2. The number of nitrogens with one attached hydrogen (secondary N) is 1. The molecule has 0 aliphatic carbocycles. The number of imide groups is 1. The standard InChI is InChI=1S/C22H20N2O8/c1-31-12-6-7-14(32-2)13(9-12)17-15-16(18(23-17)22(29)30)20(26)24(19(15)25)11-5-3-4-10(8-11)21(27)28/h3-9,15-18,23H,1-2H3,(H,27,28)(H,29,30)/t15-,16+,17-,18-/m0/s1. The van der Waals surface area contributed by atoms with Crippen LogP contribution in [0.2, 0.25) is 0 Å². The summed E-state index contributed by atoms with van der Waals surface area (Å²) in [7, 11) is 2.91. The second-order valence-corrected chi connectivity index (χ2v) is 7.49. The van der Waals surface area contributed by atoms with E-state index in [1.54, 1.807) is 18.2 Å². The van der Waals surface area contributed by atoms with Crippen molar-refractivity contribution in [1.29, 1.82) is 0 Å². The molecular weight excluding hydrogens is 420 g/mol. The summed E-state index contributed by atoms with van der Waals surface area (Å²) in [5.74, 6) is -5.13. The van der Waals surface area contributed by atoms with Gasteiger partial charge in [0.1, 0.15) is 17.5 Å². The number of carbonyl (C=O) groups is 4. The summed E-state index contributed by atoms with van der Waals surface area (Å²) in [6.07, 6.45) is 0. The minimum absolute atomic E-state index is 0.0785. The second-order valence-electron chi connectivity index (χ2n) is 7.49. The minimum atomic E-state index is -1.31. The topological polar surface area (TPSA) is 142 Å². The number of carbonyl (C=O) groups excluding carboxylic acids is 2. The van der Waals surface area contributed by atoms with Gasteiger partial charge in [0.05, 0.1) is 37.3 Å². The van der Waals surface area contributed by atoms with Crippen molar-refractivity contribution in [3.05, 3.63) is 53.6 Å². The predicted molar refractivity (Wildman–Crippen MR) is 110 cm³/mol. The number of carboxylic acids is 2. The van der Waals surface area contributed by atoms with E-state index in [0.717, 1.165) is 4.90 Å². The number of amides is 2. The smallest absolute Gasteiger partial charge is 0.335 e. The fourth-order valence-electron chi connectivity index (χ4n) is 4.44. The van der Waals surface area contributed by atoms with Crippen LogP contribution in [-0.4, -0.2) is 54.2 Å². The van der Waals surface area contributed by atoms with E-state index in [1.807, 2.05) is 0 Å². The summed E-state index contributed by atoms with van der Waals surface area (Å²) in [6.45, 7) is 0. The summed E-state index contributed by atoms with van der Waals surface area (Å²) >= 11 is 0. The summed E-state index contributed by atoms with van der Waals surface area (Å²) in [4.78, 5) is 50.9. The maximum absolute atomic E-state index is 13.4. The number of hydrogen-bond donors (Lipinski definition) is 3. The maximum Gasteiger partial charge on any atom is 0.335 e. The fourth-order valence-corrected chi connectivity index (χ4v) is 4.44. The van der Waals surface area contributed by atoms with Gasteiger partial charge in [-0.2, -0.15) is 0 Å². The van der Waals surface area contributed by atoms with Crippen LogP contribution in [0.1, 0.15) is 22.0 Å². The SMILES string of the molecule is COc1ccc(OC)c([C@@H]2N[C@H](C(=O)O)[C@@H]3C(=O)N(c4cccc(C(=O)O)c4)C(=O)[C@@H]32)c1. The summed E-state index contributed by atoms with van der Waals surface area (Å²) < 4.78 is 10.7. The van der Waals surface area contributed by atoms with Crippen LogP contribution in [0.4, 0.5) is 5.69 Å². The van der Waals surface area contributed by atoms with Gasteiger partial charge in [-0.3, -0.25) is 19.7 Å². The molecule has 0 aromatic heterocycles. The van der Waals surface area contributed by atoms with E-state index in [1.165, 1.54) is 38.5 Å². The zero-order valence-electron chi connectivity index (χ0n) is 17.1. The fraction of sp³-hybridized carbons (Fsp3) is 0.273. The van der Waals surface area contributed by atoms with Crippen LogP contribution in [0, 0.1) is 11.8 Å². The molecule has 2 saturated heterocycles. The lowest BCUT2D eigenvalue weighted by molar-refractivity contribution is -0.142. The van der Waals surface area contributed by atoms with Crippen LogP contribution in [0.3, 0.4) is 0 Å². The van der Waals surface area contributed by atoms with Crippen molar-refractivity contribution in [2.75, 3.05) is 19.1 Å². The molecule has 2 aromatic carbocycles. The van der Waals surface area contributed by atoms with Gasteiger partial charge in [-0.1, -0.05) is 6.07 Å². The average molecular weight is 440 g/mol. The lowest BCUT2D eigenvalue weighted by Crippen LogP contribution is -2.43. The number of methoxy groups -OCH3 is 2. The Bertz CT molecular complexity index is 1130. The lowest BCUT2D eigenvalue weighted by Gasteiger charge is -2.23. The predicted octanol–water partition coefficient (Wildman–Crippen LogP) is 1.31. The van der Waals surface area contributed by atoms with E-state index in [2.05, 4.69) is 5.32 Å². The Morgan fingerprint density at radius 1 is 0.969 bits per heavy atom. The number of rotatable bonds is 6. The average Bonchev–Trinajstić information content (AvgIpc) is 3.30. The van der Waals surface area contributed by atoms with Gasteiger partial charge in [0.15, 0.2) is 0 Å². The molecule has 4 rings (SSSR count). The van der Waals surface area contributed by atoms with Crippen LogP contribution < -0.4 is 19.7 Å². The van der Waals surface area contributed by atoms with Gasteiger partial charge in [0, 0.05) is 11.6 Å². The molecule has 0 spiro atoms. The van der Waals surface area contributed by atoms with Crippen molar-refractivity contribution in [2.45, 2.75) is 12.1 Å². The number of hydrogen-bond acceptors (Lipinski definition) is 7. The van der Waals surface area contributed by atoms with E-state index in [-0.39, 0.29) is 11.3 Å². The van der Waals surface area contributed by atoms with E-state index < -0.39 is 47.7 Å². The summed E-state index contributed by atoms with van der Waals surface area (Å²) in [6, 6.07) is 8.18. The molecule has 0 bridgehead atoms. The van der Waals surface area contributed by atoms with Crippen LogP contribution in [0.25, 0.3) is 0 Å². The Labute approximate surface area is 182 Å². The molecule has 32 heavy (non-hydrogen) atoms. The first-order valence-electron chi connectivity index (χ1n) is 9.70. The van der Waals surface area contributed by atoms with Crippen LogP contribution in [0.5, 0.6) is 11.5 Å². The number of aromatic carboxylic acids is 1. The van der Waals surface area contributed by atoms with Crippen molar-refractivity contribution in [3.8, 4) is 11.5 Å². The maximum atomic E-state index is 13.4. The van der Waals surface area contributed by atoms with Crippen molar-refractivity contribution >= 4 is 29.4 Å². The normalized spacial score (nSPS) is 24.4. The summed E-state index contributed by atoms with van der Waals surface area (Å²) in [5, 5.41) is 21.9. The van der Waals surface area contributed by atoms with E-state index in [9.17, 15) is 29.4 Å². The number of fused-ring (bicyclic) bond motifs is 1. The lowest BCUT2D eigenvalue weighted by atomic mass is 9.86. The van der Waals surface area contributed by atoms with Crippen LogP contribution in [-0.2, 0) is 14.4 Å². The number of aliphatic carboxylic acids is 1. The molecule has 4 atom stereocenters. The highest BCUT2D eigenvalue weighted by molar-refractivity contribution is 6.24. The molecule has 0 saturated carbocycles. The monoisotopic (exact) mass is 440 g/mol. The van der Waals surface area contributed by atoms with Crippen molar-refractivity contribution < 1.29 is 38.9 Å². The molecule has 0 radical (unpaired) electrons. The first-order chi connectivity index (χ1) is 15.3. The number of carboxylic acid groups (broad SMARTS) is 2. The van der Waals surface area contributed by atoms with Crippen LogP contribution in [0.15, 0.2) is 42.5 Å². The Kier molecular flexibility index (Phi) is 5.31. The van der Waals surface area contributed by atoms with E-state index in [4.69, 9.17) is 9.47 Å². The first kappa shape index (κ1) is 21.3. The third-order valence-corrected chi connectivity index (χ3v) is 5.86. The first-order valence-corrected chi connectivity index (χ1v) is 9.70. The number of benzene rings is 2. The molecule has 2 fully saturated rings.